The van der Waals surface area contributed by atoms with Gasteiger partial charge in [0, 0.05) is 24.2 Å². The first kappa shape index (κ1) is 26.3. The van der Waals surface area contributed by atoms with E-state index in [4.69, 9.17) is 9.40 Å². The highest BCUT2D eigenvalue weighted by molar-refractivity contribution is 5.76. The van der Waals surface area contributed by atoms with Gasteiger partial charge >= 0.3 is 0 Å². The summed E-state index contributed by atoms with van der Waals surface area (Å²) in [6, 6.07) is 19.8. The van der Waals surface area contributed by atoms with Crippen molar-refractivity contribution in [1.82, 2.24) is 24.9 Å². The van der Waals surface area contributed by atoms with Gasteiger partial charge in [0.2, 0.25) is 17.8 Å². The molecular formula is C29H35N9O. The van der Waals surface area contributed by atoms with Crippen LogP contribution < -0.4 is 10.6 Å². The number of anilines is 2. The fourth-order valence-electron chi connectivity index (χ4n) is 4.09. The Hall–Kier alpha value is -4.34. The fraction of sp³-hybridized carbons (Fsp3) is 0.379. The van der Waals surface area contributed by atoms with Crippen LogP contribution in [0.3, 0.4) is 0 Å². The SMILES string of the molecule is CC(C)CNc1nc(NCC(C)C)nc(C2CN(Cc3nc(-c4ccccc4)c(-c4ccccc4)o3)N=N2)n1. The highest BCUT2D eigenvalue weighted by Crippen LogP contribution is 2.33. The van der Waals surface area contributed by atoms with Crippen molar-refractivity contribution in [3.63, 3.8) is 0 Å². The van der Waals surface area contributed by atoms with Crippen LogP contribution in [0.1, 0.15) is 45.5 Å². The maximum Gasteiger partial charge on any atom is 0.227 e. The van der Waals surface area contributed by atoms with Gasteiger partial charge in [-0.05, 0) is 11.8 Å². The molecule has 1 aliphatic rings. The van der Waals surface area contributed by atoms with Gasteiger partial charge in [-0.25, -0.2) is 4.98 Å². The molecule has 5 rings (SSSR count). The average molecular weight is 526 g/mol. The Bertz CT molecular complexity index is 1300. The van der Waals surface area contributed by atoms with Crippen LogP contribution >= 0.6 is 0 Å². The van der Waals surface area contributed by atoms with Crippen LogP contribution in [0.25, 0.3) is 22.6 Å². The van der Waals surface area contributed by atoms with Crippen LogP contribution in [0.4, 0.5) is 11.9 Å². The molecule has 1 aliphatic heterocycles. The number of aromatic nitrogens is 4. The largest absolute Gasteiger partial charge is 0.438 e. The number of nitrogens with one attached hydrogen (secondary N) is 2. The third kappa shape index (κ3) is 6.76. The summed E-state index contributed by atoms with van der Waals surface area (Å²) in [5, 5.41) is 17.3. The molecule has 1 atom stereocenters. The van der Waals surface area contributed by atoms with Crippen LogP contribution in [-0.2, 0) is 6.54 Å². The van der Waals surface area contributed by atoms with E-state index in [0.717, 1.165) is 35.7 Å². The first-order valence-corrected chi connectivity index (χ1v) is 13.4. The van der Waals surface area contributed by atoms with Crippen molar-refractivity contribution in [3.05, 3.63) is 72.4 Å². The van der Waals surface area contributed by atoms with E-state index in [1.807, 2.05) is 65.7 Å². The molecule has 0 fully saturated rings. The Balaban J connectivity index is 1.34. The van der Waals surface area contributed by atoms with Gasteiger partial charge in [-0.15, -0.1) is 0 Å². The van der Waals surface area contributed by atoms with Crippen molar-refractivity contribution in [1.29, 1.82) is 0 Å². The van der Waals surface area contributed by atoms with Crippen molar-refractivity contribution in [2.45, 2.75) is 40.3 Å². The second kappa shape index (κ2) is 12.0. The number of rotatable bonds is 11. The molecule has 0 aliphatic carbocycles. The summed E-state index contributed by atoms with van der Waals surface area (Å²) in [5.41, 5.74) is 2.79. The lowest BCUT2D eigenvalue weighted by Crippen LogP contribution is -2.20. The van der Waals surface area contributed by atoms with Gasteiger partial charge in [-0.3, -0.25) is 5.01 Å². The smallest absolute Gasteiger partial charge is 0.227 e. The van der Waals surface area contributed by atoms with E-state index in [2.05, 4.69) is 63.6 Å². The number of oxazole rings is 1. The van der Waals surface area contributed by atoms with Gasteiger partial charge in [0.05, 0.1) is 6.54 Å². The predicted octanol–water partition coefficient (Wildman–Crippen LogP) is 6.25. The minimum atomic E-state index is -0.315. The number of nitrogens with zero attached hydrogens (tertiary/aromatic N) is 7. The molecule has 2 aromatic carbocycles. The molecular weight excluding hydrogens is 490 g/mol. The molecule has 39 heavy (non-hydrogen) atoms. The first-order valence-electron chi connectivity index (χ1n) is 13.4. The third-order valence-corrected chi connectivity index (χ3v) is 6.06. The first-order chi connectivity index (χ1) is 18.9. The summed E-state index contributed by atoms with van der Waals surface area (Å²) in [5.74, 6) is 3.89. The molecule has 2 N–H and O–H groups in total. The fourth-order valence-corrected chi connectivity index (χ4v) is 4.09. The second-order valence-electron chi connectivity index (χ2n) is 10.5. The van der Waals surface area contributed by atoms with E-state index in [9.17, 15) is 0 Å². The van der Waals surface area contributed by atoms with Gasteiger partial charge in [-0.2, -0.15) is 20.1 Å². The second-order valence-corrected chi connectivity index (χ2v) is 10.5. The Kier molecular flexibility index (Phi) is 8.10. The van der Waals surface area contributed by atoms with Gasteiger partial charge in [0.1, 0.15) is 12.2 Å². The van der Waals surface area contributed by atoms with E-state index in [0.29, 0.717) is 48.5 Å². The monoisotopic (exact) mass is 525 g/mol. The minimum absolute atomic E-state index is 0.315. The lowest BCUT2D eigenvalue weighted by Gasteiger charge is -2.14. The molecule has 0 spiro atoms. The number of benzene rings is 2. The summed E-state index contributed by atoms with van der Waals surface area (Å²) in [4.78, 5) is 18.7. The number of hydrogen-bond acceptors (Lipinski definition) is 10. The molecule has 4 aromatic rings. The summed E-state index contributed by atoms with van der Waals surface area (Å²) in [6.07, 6.45) is 0. The third-order valence-electron chi connectivity index (χ3n) is 6.06. The van der Waals surface area contributed by atoms with Crippen molar-refractivity contribution >= 4 is 11.9 Å². The van der Waals surface area contributed by atoms with Gasteiger partial charge in [0.25, 0.3) is 0 Å². The maximum atomic E-state index is 6.29. The van der Waals surface area contributed by atoms with E-state index < -0.39 is 0 Å². The van der Waals surface area contributed by atoms with Crippen LogP contribution in [-0.4, -0.2) is 44.6 Å². The molecule has 202 valence electrons. The molecule has 1 unspecified atom stereocenters. The van der Waals surface area contributed by atoms with E-state index in [1.54, 1.807) is 0 Å². The quantitative estimate of drug-likeness (QED) is 0.236. The molecule has 10 heteroatoms. The van der Waals surface area contributed by atoms with E-state index >= 15 is 0 Å². The van der Waals surface area contributed by atoms with Gasteiger partial charge < -0.3 is 15.1 Å². The molecule has 3 heterocycles. The van der Waals surface area contributed by atoms with Gasteiger partial charge in [-0.1, -0.05) is 93.6 Å². The van der Waals surface area contributed by atoms with Crippen molar-refractivity contribution in [3.8, 4) is 22.6 Å². The van der Waals surface area contributed by atoms with Crippen LogP contribution in [0, 0.1) is 11.8 Å². The highest BCUT2D eigenvalue weighted by atomic mass is 16.4. The summed E-state index contributed by atoms with van der Waals surface area (Å²) in [6.45, 7) is 11.0. The Morgan fingerprint density at radius 3 is 1.97 bits per heavy atom. The molecule has 0 radical (unpaired) electrons. The van der Waals surface area contributed by atoms with E-state index in [-0.39, 0.29) is 6.04 Å². The lowest BCUT2D eigenvalue weighted by molar-refractivity contribution is 0.267. The van der Waals surface area contributed by atoms with Crippen LogP contribution in [0.15, 0.2) is 75.4 Å². The zero-order chi connectivity index (χ0) is 27.2. The van der Waals surface area contributed by atoms with Crippen LogP contribution in [0.2, 0.25) is 0 Å². The number of hydrogen-bond donors (Lipinski definition) is 2. The molecule has 0 bridgehead atoms. The van der Waals surface area contributed by atoms with Crippen molar-refractivity contribution in [2.24, 2.45) is 22.2 Å². The maximum absolute atomic E-state index is 6.29. The Morgan fingerprint density at radius 2 is 1.38 bits per heavy atom. The molecule has 2 aromatic heterocycles. The predicted molar refractivity (Wildman–Crippen MR) is 152 cm³/mol. The topological polar surface area (TPSA) is 117 Å². The normalized spacial score (nSPS) is 14.9. The highest BCUT2D eigenvalue weighted by Gasteiger charge is 2.27. The summed E-state index contributed by atoms with van der Waals surface area (Å²) in [7, 11) is 0. The van der Waals surface area contributed by atoms with Gasteiger partial charge in [0.15, 0.2) is 17.6 Å². The molecule has 0 amide bonds. The zero-order valence-corrected chi connectivity index (χ0v) is 22.9. The lowest BCUT2D eigenvalue weighted by atomic mass is 10.1. The molecule has 10 nitrogen and oxygen atoms in total. The van der Waals surface area contributed by atoms with E-state index in [1.165, 1.54) is 0 Å². The van der Waals surface area contributed by atoms with Crippen molar-refractivity contribution in [2.75, 3.05) is 30.3 Å². The molecule has 0 saturated heterocycles. The Morgan fingerprint density at radius 1 is 0.795 bits per heavy atom. The zero-order valence-electron chi connectivity index (χ0n) is 22.9. The standard InChI is InChI=1S/C29H35N9O/c1-19(2)15-30-28-33-27(34-29(35-28)31-16-20(3)4)23-17-38(37-36-23)18-24-32-25(21-11-7-5-8-12-21)26(39-24)22-13-9-6-10-14-22/h5-14,19-20,23H,15-18H2,1-4H3,(H2,30,31,33,34,35). The average Bonchev–Trinajstić information content (AvgIpc) is 3.59. The van der Waals surface area contributed by atoms with Crippen LogP contribution in [0.5, 0.6) is 0 Å². The minimum Gasteiger partial charge on any atom is -0.438 e. The summed E-state index contributed by atoms with van der Waals surface area (Å²) >= 11 is 0. The Labute approximate surface area is 229 Å². The van der Waals surface area contributed by atoms with Crippen molar-refractivity contribution < 1.29 is 4.42 Å². The summed E-state index contributed by atoms with van der Waals surface area (Å²) < 4.78 is 6.29. The molecule has 0 saturated carbocycles.